The molecular formula is C13H17N2O2+. The number of aryl methyl sites for hydroxylation is 1. The Morgan fingerprint density at radius 2 is 1.88 bits per heavy atom. The van der Waals surface area contributed by atoms with Gasteiger partial charge in [-0.1, -0.05) is 0 Å². The van der Waals surface area contributed by atoms with Crippen molar-refractivity contribution < 1.29 is 14.0 Å². The van der Waals surface area contributed by atoms with Crippen molar-refractivity contribution in [3.8, 4) is 11.5 Å². The highest BCUT2D eigenvalue weighted by Gasteiger charge is 2.00. The maximum Gasteiger partial charge on any atom is 0.243 e. The minimum absolute atomic E-state index is 0.654. The summed E-state index contributed by atoms with van der Waals surface area (Å²) in [5, 5.41) is 0. The fraction of sp³-hybridized carbons (Fsp3) is 0.308. The SMILES string of the molecule is COc1ccc(OCCn2cc[n+](C)c2)cc1. The van der Waals surface area contributed by atoms with Crippen LogP contribution in [0, 0.1) is 0 Å². The predicted octanol–water partition coefficient (Wildman–Crippen LogP) is 1.40. The Bertz CT molecular complexity index is 463. The first kappa shape index (κ1) is 11.5. The molecule has 1 aromatic heterocycles. The van der Waals surface area contributed by atoms with E-state index >= 15 is 0 Å². The Balaban J connectivity index is 1.81. The maximum atomic E-state index is 5.63. The molecule has 0 aliphatic heterocycles. The molecule has 0 radical (unpaired) electrons. The molecule has 1 heterocycles. The van der Waals surface area contributed by atoms with Crippen LogP contribution in [-0.2, 0) is 13.6 Å². The van der Waals surface area contributed by atoms with Gasteiger partial charge in [0.25, 0.3) is 0 Å². The molecule has 0 aliphatic rings. The third kappa shape index (κ3) is 3.24. The molecule has 17 heavy (non-hydrogen) atoms. The zero-order valence-corrected chi connectivity index (χ0v) is 10.2. The lowest BCUT2D eigenvalue weighted by Gasteiger charge is -2.05. The van der Waals surface area contributed by atoms with Gasteiger partial charge in [0, 0.05) is 0 Å². The van der Waals surface area contributed by atoms with Gasteiger partial charge in [-0.2, -0.15) is 0 Å². The average molecular weight is 233 g/mol. The second-order valence-corrected chi connectivity index (χ2v) is 3.84. The second-order valence-electron chi connectivity index (χ2n) is 3.84. The van der Waals surface area contributed by atoms with Gasteiger partial charge < -0.3 is 9.47 Å². The van der Waals surface area contributed by atoms with Crippen LogP contribution >= 0.6 is 0 Å². The van der Waals surface area contributed by atoms with Crippen molar-refractivity contribution in [3.63, 3.8) is 0 Å². The van der Waals surface area contributed by atoms with E-state index in [0.717, 1.165) is 18.0 Å². The van der Waals surface area contributed by atoms with Crippen LogP contribution in [0.5, 0.6) is 11.5 Å². The molecule has 90 valence electrons. The lowest BCUT2D eigenvalue weighted by atomic mass is 10.3. The minimum atomic E-state index is 0.654. The maximum absolute atomic E-state index is 5.63. The second kappa shape index (κ2) is 5.39. The first-order valence-corrected chi connectivity index (χ1v) is 5.56. The highest BCUT2D eigenvalue weighted by Crippen LogP contribution is 2.16. The van der Waals surface area contributed by atoms with Crippen molar-refractivity contribution in [3.05, 3.63) is 43.0 Å². The summed E-state index contributed by atoms with van der Waals surface area (Å²) in [6.45, 7) is 1.49. The van der Waals surface area contributed by atoms with Crippen LogP contribution < -0.4 is 14.0 Å². The van der Waals surface area contributed by atoms with Gasteiger partial charge in [-0.15, -0.1) is 0 Å². The van der Waals surface area contributed by atoms with Crippen molar-refractivity contribution in [2.75, 3.05) is 13.7 Å². The van der Waals surface area contributed by atoms with E-state index in [2.05, 4.69) is 4.57 Å². The van der Waals surface area contributed by atoms with E-state index in [-0.39, 0.29) is 0 Å². The Morgan fingerprint density at radius 3 is 2.47 bits per heavy atom. The van der Waals surface area contributed by atoms with E-state index < -0.39 is 0 Å². The molecular weight excluding hydrogens is 216 g/mol. The summed E-state index contributed by atoms with van der Waals surface area (Å²) in [7, 11) is 3.66. The summed E-state index contributed by atoms with van der Waals surface area (Å²) in [4.78, 5) is 0. The molecule has 0 atom stereocenters. The van der Waals surface area contributed by atoms with Crippen LogP contribution in [0.2, 0.25) is 0 Å². The number of imidazole rings is 1. The quantitative estimate of drug-likeness (QED) is 0.730. The lowest BCUT2D eigenvalue weighted by Crippen LogP contribution is -2.24. The van der Waals surface area contributed by atoms with Gasteiger partial charge in [0.15, 0.2) is 0 Å². The molecule has 0 N–H and O–H groups in total. The number of rotatable bonds is 5. The van der Waals surface area contributed by atoms with Gasteiger partial charge in [0.05, 0.1) is 14.2 Å². The number of hydrogen-bond donors (Lipinski definition) is 0. The Kier molecular flexibility index (Phi) is 3.65. The molecule has 1 aromatic carbocycles. The molecule has 2 aromatic rings. The molecule has 0 amide bonds. The van der Waals surface area contributed by atoms with Crippen LogP contribution in [0.25, 0.3) is 0 Å². The number of hydrogen-bond acceptors (Lipinski definition) is 2. The molecule has 4 nitrogen and oxygen atoms in total. The monoisotopic (exact) mass is 233 g/mol. The molecule has 0 saturated heterocycles. The van der Waals surface area contributed by atoms with E-state index in [9.17, 15) is 0 Å². The summed E-state index contributed by atoms with van der Waals surface area (Å²) in [5.74, 6) is 1.71. The third-order valence-electron chi connectivity index (χ3n) is 2.50. The average Bonchev–Trinajstić information content (AvgIpc) is 2.76. The lowest BCUT2D eigenvalue weighted by molar-refractivity contribution is -0.671. The Hall–Kier alpha value is -1.97. The molecule has 0 fully saturated rings. The molecule has 0 aliphatic carbocycles. The van der Waals surface area contributed by atoms with E-state index in [1.807, 2.05) is 54.6 Å². The van der Waals surface area contributed by atoms with Gasteiger partial charge in [0.1, 0.15) is 37.0 Å². The summed E-state index contributed by atoms with van der Waals surface area (Å²) in [6, 6.07) is 7.61. The Labute approximate surface area is 101 Å². The Morgan fingerprint density at radius 1 is 1.18 bits per heavy atom. The van der Waals surface area contributed by atoms with Crippen molar-refractivity contribution in [1.29, 1.82) is 0 Å². The molecule has 0 unspecified atom stereocenters. The van der Waals surface area contributed by atoms with Gasteiger partial charge in [-0.25, -0.2) is 9.13 Å². The van der Waals surface area contributed by atoms with Crippen LogP contribution in [0.4, 0.5) is 0 Å². The van der Waals surface area contributed by atoms with Crippen molar-refractivity contribution in [2.45, 2.75) is 6.54 Å². The molecule has 0 saturated carbocycles. The zero-order chi connectivity index (χ0) is 12.1. The van der Waals surface area contributed by atoms with Crippen LogP contribution in [0.1, 0.15) is 0 Å². The number of ether oxygens (including phenoxy) is 2. The summed E-state index contributed by atoms with van der Waals surface area (Å²) in [5.41, 5.74) is 0. The van der Waals surface area contributed by atoms with E-state index in [1.54, 1.807) is 7.11 Å². The summed E-state index contributed by atoms with van der Waals surface area (Å²) < 4.78 is 14.8. The topological polar surface area (TPSA) is 27.3 Å². The van der Waals surface area contributed by atoms with E-state index in [4.69, 9.17) is 9.47 Å². The standard InChI is InChI=1S/C13H17N2O2/c1-14-7-8-15(11-14)9-10-17-13-5-3-12(16-2)4-6-13/h3-8,11H,9-10H2,1-2H3/q+1. The number of aromatic nitrogens is 2. The van der Waals surface area contributed by atoms with Gasteiger partial charge in [-0.3, -0.25) is 0 Å². The first-order chi connectivity index (χ1) is 8.28. The third-order valence-corrected chi connectivity index (χ3v) is 2.50. The minimum Gasteiger partial charge on any atom is -0.497 e. The first-order valence-electron chi connectivity index (χ1n) is 5.56. The fourth-order valence-corrected chi connectivity index (χ4v) is 1.57. The molecule has 0 spiro atoms. The fourth-order valence-electron chi connectivity index (χ4n) is 1.57. The van der Waals surface area contributed by atoms with Crippen LogP contribution in [0.3, 0.4) is 0 Å². The van der Waals surface area contributed by atoms with Crippen molar-refractivity contribution in [2.24, 2.45) is 7.05 Å². The van der Waals surface area contributed by atoms with Crippen molar-refractivity contribution >= 4 is 0 Å². The van der Waals surface area contributed by atoms with E-state index in [1.165, 1.54) is 0 Å². The molecule has 0 bridgehead atoms. The number of nitrogens with zero attached hydrogens (tertiary/aromatic N) is 2. The largest absolute Gasteiger partial charge is 0.497 e. The normalized spacial score (nSPS) is 10.2. The number of methoxy groups -OCH3 is 1. The molecule has 2 rings (SSSR count). The van der Waals surface area contributed by atoms with E-state index in [0.29, 0.717) is 6.61 Å². The van der Waals surface area contributed by atoms with Crippen molar-refractivity contribution in [1.82, 2.24) is 4.57 Å². The van der Waals surface area contributed by atoms with Crippen LogP contribution in [0.15, 0.2) is 43.0 Å². The number of benzene rings is 1. The van der Waals surface area contributed by atoms with Crippen LogP contribution in [-0.4, -0.2) is 18.3 Å². The predicted molar refractivity (Wildman–Crippen MR) is 64.1 cm³/mol. The van der Waals surface area contributed by atoms with Gasteiger partial charge in [0.2, 0.25) is 6.33 Å². The van der Waals surface area contributed by atoms with Gasteiger partial charge in [-0.05, 0) is 24.3 Å². The highest BCUT2D eigenvalue weighted by molar-refractivity contribution is 5.31. The summed E-state index contributed by atoms with van der Waals surface area (Å²) in [6.07, 6.45) is 6.06. The zero-order valence-electron chi connectivity index (χ0n) is 10.2. The molecule has 4 heteroatoms. The smallest absolute Gasteiger partial charge is 0.243 e. The highest BCUT2D eigenvalue weighted by atomic mass is 16.5. The summed E-state index contributed by atoms with van der Waals surface area (Å²) >= 11 is 0. The van der Waals surface area contributed by atoms with Gasteiger partial charge >= 0.3 is 0 Å².